The van der Waals surface area contributed by atoms with Crippen LogP contribution in [-0.4, -0.2) is 56.2 Å². The van der Waals surface area contributed by atoms with E-state index in [1.165, 1.54) is 11.1 Å². The minimum atomic E-state index is -0.0859. The van der Waals surface area contributed by atoms with E-state index in [0.717, 1.165) is 21.9 Å². The van der Waals surface area contributed by atoms with Crippen LogP contribution in [0.15, 0.2) is 30.3 Å². The van der Waals surface area contributed by atoms with Crippen molar-refractivity contribution >= 4 is 45.0 Å². The Morgan fingerprint density at radius 3 is 2.53 bits per heavy atom. The Labute approximate surface area is 186 Å². The molecule has 1 amide bonds. The summed E-state index contributed by atoms with van der Waals surface area (Å²) in [4.78, 5) is 22.1. The molecule has 30 heavy (non-hydrogen) atoms. The van der Waals surface area contributed by atoms with Crippen molar-refractivity contribution in [1.82, 2.24) is 9.88 Å². The third kappa shape index (κ3) is 4.53. The Balaban J connectivity index is 0.00000256. The maximum absolute atomic E-state index is 13.5. The van der Waals surface area contributed by atoms with Crippen molar-refractivity contribution in [3.8, 4) is 11.5 Å². The van der Waals surface area contributed by atoms with Crippen molar-refractivity contribution in [3.63, 3.8) is 0 Å². The van der Waals surface area contributed by atoms with E-state index in [9.17, 15) is 4.79 Å². The predicted octanol–water partition coefficient (Wildman–Crippen LogP) is 4.31. The molecule has 2 aromatic carbocycles. The molecule has 4 rings (SSSR count). The quantitative estimate of drug-likeness (QED) is 0.583. The molecule has 3 aromatic rings. The summed E-state index contributed by atoms with van der Waals surface area (Å²) in [5, 5.41) is 0.718. The third-order valence-electron chi connectivity index (χ3n) is 4.84. The lowest BCUT2D eigenvalue weighted by Gasteiger charge is -2.23. The van der Waals surface area contributed by atoms with E-state index in [4.69, 9.17) is 14.5 Å². The molecule has 1 aliphatic rings. The van der Waals surface area contributed by atoms with Crippen molar-refractivity contribution in [2.45, 2.75) is 13.8 Å². The first-order valence-corrected chi connectivity index (χ1v) is 10.5. The van der Waals surface area contributed by atoms with Crippen LogP contribution >= 0.6 is 23.7 Å². The van der Waals surface area contributed by atoms with Crippen LogP contribution in [0, 0.1) is 13.8 Å². The number of nitrogens with zero attached hydrogens (tertiary/aromatic N) is 3. The van der Waals surface area contributed by atoms with Gasteiger partial charge in [0.2, 0.25) is 0 Å². The topological polar surface area (TPSA) is 54.9 Å². The summed E-state index contributed by atoms with van der Waals surface area (Å²) in [7, 11) is 4.00. The van der Waals surface area contributed by atoms with Crippen molar-refractivity contribution in [2.75, 3.05) is 45.3 Å². The Morgan fingerprint density at radius 1 is 1.07 bits per heavy atom. The Hall–Kier alpha value is -2.35. The number of benzene rings is 2. The summed E-state index contributed by atoms with van der Waals surface area (Å²) < 4.78 is 12.4. The number of carbonyl (C=O) groups excluding carboxylic acids is 1. The van der Waals surface area contributed by atoms with Gasteiger partial charge in [-0.15, -0.1) is 12.4 Å². The summed E-state index contributed by atoms with van der Waals surface area (Å²) in [6.45, 7) is 6.47. The van der Waals surface area contributed by atoms with Gasteiger partial charge < -0.3 is 14.4 Å². The van der Waals surface area contributed by atoms with Gasteiger partial charge in [0, 0.05) is 18.7 Å². The first-order chi connectivity index (χ1) is 13.9. The number of anilines is 1. The number of hydrogen-bond donors (Lipinski definition) is 0. The zero-order valence-corrected chi connectivity index (χ0v) is 19.2. The molecule has 0 spiro atoms. The van der Waals surface area contributed by atoms with Crippen LogP contribution in [0.5, 0.6) is 11.5 Å². The molecule has 6 nitrogen and oxygen atoms in total. The van der Waals surface area contributed by atoms with Gasteiger partial charge in [0.05, 0.1) is 10.2 Å². The number of aryl methyl sites for hydroxylation is 2. The van der Waals surface area contributed by atoms with Gasteiger partial charge in [0.15, 0.2) is 16.6 Å². The average Bonchev–Trinajstić information content (AvgIpc) is 3.11. The van der Waals surface area contributed by atoms with Crippen LogP contribution in [0.3, 0.4) is 0 Å². The van der Waals surface area contributed by atoms with E-state index in [1.807, 2.05) is 14.1 Å². The monoisotopic (exact) mass is 447 g/mol. The normalized spacial score (nSPS) is 12.7. The lowest BCUT2D eigenvalue weighted by Crippen LogP contribution is -2.36. The summed E-state index contributed by atoms with van der Waals surface area (Å²) in [6, 6.07) is 9.58. The molecule has 2 heterocycles. The van der Waals surface area contributed by atoms with E-state index in [2.05, 4.69) is 30.9 Å². The lowest BCUT2D eigenvalue weighted by atomic mass is 10.1. The van der Waals surface area contributed by atoms with E-state index in [-0.39, 0.29) is 18.3 Å². The maximum Gasteiger partial charge on any atom is 0.260 e. The van der Waals surface area contributed by atoms with Gasteiger partial charge in [-0.05, 0) is 63.3 Å². The summed E-state index contributed by atoms with van der Waals surface area (Å²) in [5.74, 6) is 1.21. The molecule has 0 aliphatic carbocycles. The van der Waals surface area contributed by atoms with E-state index < -0.39 is 0 Å². The number of halogens is 1. The van der Waals surface area contributed by atoms with E-state index >= 15 is 0 Å². The molecule has 1 aromatic heterocycles. The molecule has 160 valence electrons. The SMILES string of the molecule is Cc1cc(C)c2sc(N(CCN(C)C)C(=O)c3ccc4c(c3)OCCO4)nc2c1.Cl. The van der Waals surface area contributed by atoms with Crippen molar-refractivity contribution in [3.05, 3.63) is 47.0 Å². The van der Waals surface area contributed by atoms with E-state index in [0.29, 0.717) is 36.8 Å². The zero-order chi connectivity index (χ0) is 20.5. The fraction of sp³-hybridized carbons (Fsp3) is 0.364. The van der Waals surface area contributed by atoms with Crippen LogP contribution in [0.25, 0.3) is 10.2 Å². The highest BCUT2D eigenvalue weighted by atomic mass is 35.5. The molecule has 8 heteroatoms. The maximum atomic E-state index is 13.5. The van der Waals surface area contributed by atoms with Crippen LogP contribution in [0.4, 0.5) is 5.13 Å². The minimum Gasteiger partial charge on any atom is -0.486 e. The molecule has 0 saturated carbocycles. The fourth-order valence-corrected chi connectivity index (χ4v) is 4.44. The highest BCUT2D eigenvalue weighted by molar-refractivity contribution is 7.22. The highest BCUT2D eigenvalue weighted by Crippen LogP contribution is 2.34. The lowest BCUT2D eigenvalue weighted by molar-refractivity contribution is 0.0984. The number of fused-ring (bicyclic) bond motifs is 2. The van der Waals surface area contributed by atoms with Gasteiger partial charge in [0.1, 0.15) is 13.2 Å². The molecule has 1 aliphatic heterocycles. The first kappa shape index (κ1) is 22.3. The number of carbonyl (C=O) groups is 1. The summed E-state index contributed by atoms with van der Waals surface area (Å²) in [5.41, 5.74) is 3.86. The van der Waals surface area contributed by atoms with Gasteiger partial charge in [0.25, 0.3) is 5.91 Å². The second kappa shape index (κ2) is 9.20. The first-order valence-electron chi connectivity index (χ1n) is 9.66. The molecular formula is C22H26ClN3O3S. The molecule has 0 atom stereocenters. The van der Waals surface area contributed by atoms with Gasteiger partial charge in [-0.25, -0.2) is 4.98 Å². The zero-order valence-electron chi connectivity index (χ0n) is 17.6. The number of ether oxygens (including phenoxy) is 2. The number of rotatable bonds is 5. The second-order valence-electron chi connectivity index (χ2n) is 7.55. The van der Waals surface area contributed by atoms with Crippen LogP contribution < -0.4 is 14.4 Å². The number of aromatic nitrogens is 1. The molecule has 0 unspecified atom stereocenters. The molecule has 0 N–H and O–H groups in total. The molecule has 0 bridgehead atoms. The van der Waals surface area contributed by atoms with Crippen LogP contribution in [-0.2, 0) is 0 Å². The summed E-state index contributed by atoms with van der Waals surface area (Å²) >= 11 is 1.56. The van der Waals surface area contributed by atoms with Crippen molar-refractivity contribution in [2.24, 2.45) is 0 Å². The average molecular weight is 448 g/mol. The second-order valence-corrected chi connectivity index (χ2v) is 8.52. The Bertz CT molecular complexity index is 1070. The Morgan fingerprint density at radius 2 is 1.80 bits per heavy atom. The van der Waals surface area contributed by atoms with E-state index in [1.54, 1.807) is 34.4 Å². The van der Waals surface area contributed by atoms with Gasteiger partial charge in [-0.2, -0.15) is 0 Å². The van der Waals surface area contributed by atoms with Gasteiger partial charge in [-0.1, -0.05) is 17.4 Å². The predicted molar refractivity (Wildman–Crippen MR) is 124 cm³/mol. The number of hydrogen-bond acceptors (Lipinski definition) is 6. The van der Waals surface area contributed by atoms with Gasteiger partial charge >= 0.3 is 0 Å². The number of likely N-dealkylation sites (N-methyl/N-ethyl adjacent to an activating group) is 1. The molecule has 0 radical (unpaired) electrons. The summed E-state index contributed by atoms with van der Waals surface area (Å²) in [6.07, 6.45) is 0. The van der Waals surface area contributed by atoms with Gasteiger partial charge in [-0.3, -0.25) is 9.69 Å². The minimum absolute atomic E-state index is 0. The van der Waals surface area contributed by atoms with Crippen molar-refractivity contribution < 1.29 is 14.3 Å². The fourth-order valence-electron chi connectivity index (χ4n) is 3.40. The molecule has 0 saturated heterocycles. The standard InChI is InChI=1S/C22H25N3O3S.ClH/c1-14-11-15(2)20-17(12-14)23-22(29-20)25(8-7-24(3)4)21(26)16-5-6-18-19(13-16)28-10-9-27-18;/h5-6,11-13H,7-10H2,1-4H3;1H. The number of amides is 1. The third-order valence-corrected chi connectivity index (χ3v) is 6.07. The van der Waals surface area contributed by atoms with Crippen LogP contribution in [0.1, 0.15) is 21.5 Å². The smallest absolute Gasteiger partial charge is 0.260 e. The van der Waals surface area contributed by atoms with Crippen LogP contribution in [0.2, 0.25) is 0 Å². The highest BCUT2D eigenvalue weighted by Gasteiger charge is 2.24. The number of thiazole rings is 1. The Kier molecular flexibility index (Phi) is 6.85. The largest absolute Gasteiger partial charge is 0.486 e. The molecule has 0 fully saturated rings. The van der Waals surface area contributed by atoms with Crippen molar-refractivity contribution in [1.29, 1.82) is 0 Å². The molecular weight excluding hydrogens is 422 g/mol.